The van der Waals surface area contributed by atoms with Crippen LogP contribution in [0.4, 0.5) is 0 Å². The van der Waals surface area contributed by atoms with E-state index < -0.39 is 0 Å². The Labute approximate surface area is 124 Å². The molecule has 0 amide bonds. The molecule has 0 unspecified atom stereocenters. The average Bonchev–Trinajstić information content (AvgIpc) is 3.24. The summed E-state index contributed by atoms with van der Waals surface area (Å²) >= 11 is 1.68. The molecule has 0 radical (unpaired) electrons. The summed E-state index contributed by atoms with van der Waals surface area (Å²) in [4.78, 5) is 24.3. The standard InChI is InChI=1S/C16H20O3S/c1-3-13(17)12-6-4-5-7-14(12)20-11-16(8-9-16)10-15(18)19-2/h4-7H,3,8-11H2,1-2H3. The van der Waals surface area contributed by atoms with Crippen molar-refractivity contribution in [1.82, 2.24) is 0 Å². The molecule has 0 N–H and O–H groups in total. The average molecular weight is 292 g/mol. The first-order valence-corrected chi connectivity index (χ1v) is 7.90. The molecule has 4 heteroatoms. The first-order valence-electron chi connectivity index (χ1n) is 6.92. The number of Topliss-reactive ketones (excluding diaryl/α,β-unsaturated/α-hetero) is 1. The van der Waals surface area contributed by atoms with Crippen LogP contribution in [0.25, 0.3) is 0 Å². The van der Waals surface area contributed by atoms with E-state index in [4.69, 9.17) is 4.74 Å². The summed E-state index contributed by atoms with van der Waals surface area (Å²) in [5, 5.41) is 0. The summed E-state index contributed by atoms with van der Waals surface area (Å²) in [6.45, 7) is 1.88. The van der Waals surface area contributed by atoms with Gasteiger partial charge in [0.15, 0.2) is 5.78 Å². The molecule has 1 fully saturated rings. The van der Waals surface area contributed by atoms with E-state index in [0.29, 0.717) is 12.8 Å². The minimum atomic E-state index is -0.138. The SMILES string of the molecule is CCC(=O)c1ccccc1SCC1(CC(=O)OC)CC1. The number of methoxy groups -OCH3 is 1. The molecular weight excluding hydrogens is 272 g/mol. The second kappa shape index (κ2) is 6.44. The highest BCUT2D eigenvalue weighted by Crippen LogP contribution is 2.52. The molecule has 1 saturated carbocycles. The Hall–Kier alpha value is -1.29. The van der Waals surface area contributed by atoms with Crippen LogP contribution in [0, 0.1) is 5.41 Å². The number of hydrogen-bond acceptors (Lipinski definition) is 4. The first-order chi connectivity index (χ1) is 9.60. The van der Waals surface area contributed by atoms with Gasteiger partial charge in [-0.2, -0.15) is 0 Å². The summed E-state index contributed by atoms with van der Waals surface area (Å²) in [5.41, 5.74) is 0.883. The molecule has 3 nitrogen and oxygen atoms in total. The van der Waals surface area contributed by atoms with Crippen molar-refractivity contribution in [3.8, 4) is 0 Å². The van der Waals surface area contributed by atoms with Gasteiger partial charge in [-0.15, -0.1) is 11.8 Å². The number of esters is 1. The molecule has 0 spiro atoms. The van der Waals surface area contributed by atoms with E-state index in [9.17, 15) is 9.59 Å². The highest BCUT2D eigenvalue weighted by Gasteiger charge is 2.44. The van der Waals surface area contributed by atoms with E-state index in [0.717, 1.165) is 29.1 Å². The molecule has 1 aliphatic carbocycles. The number of rotatable bonds is 7. The van der Waals surface area contributed by atoms with Gasteiger partial charge in [-0.25, -0.2) is 0 Å². The third-order valence-corrected chi connectivity index (χ3v) is 5.17. The number of ketones is 1. The van der Waals surface area contributed by atoms with Gasteiger partial charge in [-0.1, -0.05) is 25.1 Å². The number of benzene rings is 1. The van der Waals surface area contributed by atoms with Crippen molar-refractivity contribution in [1.29, 1.82) is 0 Å². The van der Waals surface area contributed by atoms with Gasteiger partial charge in [0.25, 0.3) is 0 Å². The van der Waals surface area contributed by atoms with E-state index in [-0.39, 0.29) is 17.2 Å². The Bertz CT molecular complexity index is 506. The van der Waals surface area contributed by atoms with Crippen molar-refractivity contribution in [3.05, 3.63) is 29.8 Å². The maximum atomic E-state index is 11.9. The summed E-state index contributed by atoms with van der Waals surface area (Å²) in [6, 6.07) is 7.72. The topological polar surface area (TPSA) is 43.4 Å². The van der Waals surface area contributed by atoms with Crippen LogP contribution < -0.4 is 0 Å². The highest BCUT2D eigenvalue weighted by molar-refractivity contribution is 7.99. The Kier molecular flexibility index (Phi) is 4.86. The predicted octanol–water partition coefficient (Wildman–Crippen LogP) is 3.71. The minimum Gasteiger partial charge on any atom is -0.469 e. The number of hydrogen-bond donors (Lipinski definition) is 0. The van der Waals surface area contributed by atoms with Crippen LogP contribution in [0.5, 0.6) is 0 Å². The van der Waals surface area contributed by atoms with Crippen molar-refractivity contribution in [3.63, 3.8) is 0 Å². The normalized spacial score (nSPS) is 15.7. The maximum Gasteiger partial charge on any atom is 0.306 e. The van der Waals surface area contributed by atoms with Crippen LogP contribution >= 0.6 is 11.8 Å². The molecule has 0 aliphatic heterocycles. The van der Waals surface area contributed by atoms with Gasteiger partial charge in [0.2, 0.25) is 0 Å². The van der Waals surface area contributed by atoms with E-state index in [1.54, 1.807) is 11.8 Å². The van der Waals surface area contributed by atoms with Gasteiger partial charge in [0.05, 0.1) is 13.5 Å². The Morgan fingerprint density at radius 1 is 1.30 bits per heavy atom. The summed E-state index contributed by atoms with van der Waals surface area (Å²) in [7, 11) is 1.43. The number of carbonyl (C=O) groups is 2. The van der Waals surface area contributed by atoms with E-state index >= 15 is 0 Å². The van der Waals surface area contributed by atoms with Gasteiger partial charge in [0.1, 0.15) is 0 Å². The van der Waals surface area contributed by atoms with Crippen LogP contribution in [-0.4, -0.2) is 24.6 Å². The largest absolute Gasteiger partial charge is 0.469 e. The van der Waals surface area contributed by atoms with Crippen LogP contribution in [0.15, 0.2) is 29.2 Å². The fourth-order valence-corrected chi connectivity index (χ4v) is 3.54. The fraction of sp³-hybridized carbons (Fsp3) is 0.500. The smallest absolute Gasteiger partial charge is 0.306 e. The lowest BCUT2D eigenvalue weighted by atomic mass is 10.1. The number of ether oxygens (including phenoxy) is 1. The van der Waals surface area contributed by atoms with Crippen molar-refractivity contribution in [2.45, 2.75) is 37.5 Å². The first kappa shape index (κ1) is 15.1. The summed E-state index contributed by atoms with van der Waals surface area (Å²) < 4.78 is 4.76. The fourth-order valence-electron chi connectivity index (χ4n) is 2.17. The molecular formula is C16H20O3S. The molecule has 0 bridgehead atoms. The molecule has 0 aromatic heterocycles. The van der Waals surface area contributed by atoms with E-state index in [2.05, 4.69) is 0 Å². The van der Waals surface area contributed by atoms with Crippen LogP contribution in [0.2, 0.25) is 0 Å². The second-order valence-electron chi connectivity index (χ2n) is 5.31. The zero-order valence-corrected chi connectivity index (χ0v) is 12.8. The van der Waals surface area contributed by atoms with Gasteiger partial charge >= 0.3 is 5.97 Å². The lowest BCUT2D eigenvalue weighted by molar-refractivity contribution is -0.141. The zero-order chi connectivity index (χ0) is 14.6. The number of carbonyl (C=O) groups excluding carboxylic acids is 2. The van der Waals surface area contributed by atoms with Crippen LogP contribution in [0.1, 0.15) is 43.0 Å². The van der Waals surface area contributed by atoms with Crippen molar-refractivity contribution < 1.29 is 14.3 Å². The molecule has 1 aromatic rings. The predicted molar refractivity (Wildman–Crippen MR) is 80.1 cm³/mol. The summed E-state index contributed by atoms with van der Waals surface area (Å²) in [5.74, 6) is 0.905. The molecule has 0 saturated heterocycles. The van der Waals surface area contributed by atoms with Gasteiger partial charge < -0.3 is 4.74 Å². The van der Waals surface area contributed by atoms with E-state index in [1.807, 2.05) is 31.2 Å². The van der Waals surface area contributed by atoms with Crippen molar-refractivity contribution in [2.75, 3.05) is 12.9 Å². The zero-order valence-electron chi connectivity index (χ0n) is 12.0. The number of thioether (sulfide) groups is 1. The van der Waals surface area contributed by atoms with Gasteiger partial charge in [-0.05, 0) is 24.3 Å². The third-order valence-electron chi connectivity index (χ3n) is 3.75. The summed E-state index contributed by atoms with van der Waals surface area (Å²) in [6.07, 6.45) is 3.14. The lowest BCUT2D eigenvalue weighted by Gasteiger charge is -2.14. The molecule has 2 rings (SSSR count). The molecule has 0 atom stereocenters. The molecule has 20 heavy (non-hydrogen) atoms. The Balaban J connectivity index is 2.01. The van der Waals surface area contributed by atoms with Gasteiger partial charge in [0, 0.05) is 22.6 Å². The molecule has 0 heterocycles. The molecule has 1 aliphatic rings. The lowest BCUT2D eigenvalue weighted by Crippen LogP contribution is -2.13. The van der Waals surface area contributed by atoms with E-state index in [1.165, 1.54) is 7.11 Å². The Morgan fingerprint density at radius 3 is 2.60 bits per heavy atom. The Morgan fingerprint density at radius 2 is 2.00 bits per heavy atom. The van der Waals surface area contributed by atoms with Crippen LogP contribution in [-0.2, 0) is 9.53 Å². The van der Waals surface area contributed by atoms with Crippen molar-refractivity contribution in [2.24, 2.45) is 5.41 Å². The third kappa shape index (κ3) is 3.63. The minimum absolute atomic E-state index is 0.0835. The monoisotopic (exact) mass is 292 g/mol. The molecule has 108 valence electrons. The van der Waals surface area contributed by atoms with Crippen molar-refractivity contribution >= 4 is 23.5 Å². The quantitative estimate of drug-likeness (QED) is 0.436. The maximum absolute atomic E-state index is 11.9. The second-order valence-corrected chi connectivity index (χ2v) is 6.33. The highest BCUT2D eigenvalue weighted by atomic mass is 32.2. The molecule has 1 aromatic carbocycles. The van der Waals surface area contributed by atoms with Gasteiger partial charge in [-0.3, -0.25) is 9.59 Å². The van der Waals surface area contributed by atoms with Crippen LogP contribution in [0.3, 0.4) is 0 Å².